The fraction of sp³-hybridized carbons (Fsp3) is 0.286. The molecule has 0 saturated carbocycles. The maximum Gasteiger partial charge on any atom is 0.241 e. The van der Waals surface area contributed by atoms with Gasteiger partial charge in [0.05, 0.1) is 12.0 Å². The zero-order chi connectivity index (χ0) is 19.4. The number of nitrogens with one attached hydrogen (secondary N) is 1. The summed E-state index contributed by atoms with van der Waals surface area (Å²) >= 11 is 0. The number of sulfonamides is 1. The molecule has 0 aliphatic heterocycles. The van der Waals surface area contributed by atoms with Crippen LogP contribution in [0.3, 0.4) is 0 Å². The first-order valence-electron chi connectivity index (χ1n) is 8.93. The van der Waals surface area contributed by atoms with Crippen LogP contribution in [-0.4, -0.2) is 21.3 Å². The third kappa shape index (κ3) is 4.46. The number of hydrogen-bond donors (Lipinski definition) is 1. The molecule has 1 aliphatic carbocycles. The van der Waals surface area contributed by atoms with Gasteiger partial charge in [0.15, 0.2) is 5.78 Å². The summed E-state index contributed by atoms with van der Waals surface area (Å²) in [6, 6.07) is 12.0. The van der Waals surface area contributed by atoms with Gasteiger partial charge in [0.2, 0.25) is 10.0 Å². The maximum absolute atomic E-state index is 12.7. The number of aryl methyl sites for hydroxylation is 1. The predicted molar refractivity (Wildman–Crippen MR) is 105 cm³/mol. The van der Waals surface area contributed by atoms with E-state index in [2.05, 4.69) is 4.72 Å². The van der Waals surface area contributed by atoms with E-state index in [4.69, 9.17) is 4.74 Å². The largest absolute Gasteiger partial charge is 0.497 e. The molecule has 0 saturated heterocycles. The van der Waals surface area contributed by atoms with Crippen molar-refractivity contribution in [2.75, 3.05) is 7.11 Å². The minimum atomic E-state index is -3.61. The lowest BCUT2D eigenvalue weighted by Gasteiger charge is -2.15. The minimum absolute atomic E-state index is 0.0839. The third-order valence-electron chi connectivity index (χ3n) is 4.72. The van der Waals surface area contributed by atoms with Gasteiger partial charge in [-0.1, -0.05) is 31.2 Å². The second-order valence-electron chi connectivity index (χ2n) is 6.50. The number of methoxy groups -OCH3 is 1. The molecule has 5 nitrogen and oxygen atoms in total. The molecular weight excluding hydrogens is 362 g/mol. The van der Waals surface area contributed by atoms with Gasteiger partial charge in [-0.05, 0) is 59.9 Å². The number of benzene rings is 2. The Bertz CT molecular complexity index is 962. The van der Waals surface area contributed by atoms with E-state index in [0.29, 0.717) is 18.6 Å². The van der Waals surface area contributed by atoms with Crippen molar-refractivity contribution in [1.29, 1.82) is 0 Å². The molecule has 0 fully saturated rings. The number of carbonyl (C=O) groups is 1. The fourth-order valence-electron chi connectivity index (χ4n) is 3.18. The molecule has 0 bridgehead atoms. The van der Waals surface area contributed by atoms with Crippen molar-refractivity contribution in [3.63, 3.8) is 0 Å². The Balaban J connectivity index is 1.77. The van der Waals surface area contributed by atoms with Gasteiger partial charge in [-0.25, -0.2) is 13.1 Å². The second-order valence-corrected chi connectivity index (χ2v) is 8.21. The average Bonchev–Trinajstić information content (AvgIpc) is 3.07. The summed E-state index contributed by atoms with van der Waals surface area (Å²) in [7, 11) is -2.07. The lowest BCUT2D eigenvalue weighted by molar-refractivity contribution is -0.114. The molecule has 27 heavy (non-hydrogen) atoms. The molecule has 0 radical (unpaired) electrons. The van der Waals surface area contributed by atoms with E-state index in [-0.39, 0.29) is 16.7 Å². The van der Waals surface area contributed by atoms with E-state index < -0.39 is 10.0 Å². The van der Waals surface area contributed by atoms with Crippen LogP contribution in [0.2, 0.25) is 0 Å². The number of ether oxygens (including phenoxy) is 1. The number of carbonyl (C=O) groups excluding carboxylic acids is 1. The molecule has 1 atom stereocenters. The fourth-order valence-corrected chi connectivity index (χ4v) is 4.43. The van der Waals surface area contributed by atoms with Crippen LogP contribution in [0.15, 0.2) is 53.4 Å². The Labute approximate surface area is 160 Å². The van der Waals surface area contributed by atoms with Gasteiger partial charge in [0.25, 0.3) is 0 Å². The van der Waals surface area contributed by atoms with E-state index in [9.17, 15) is 13.2 Å². The zero-order valence-corrected chi connectivity index (χ0v) is 16.3. The number of ketones is 1. The Morgan fingerprint density at radius 3 is 2.63 bits per heavy atom. The van der Waals surface area contributed by atoms with E-state index in [0.717, 1.165) is 23.1 Å². The van der Waals surface area contributed by atoms with Crippen molar-refractivity contribution < 1.29 is 17.9 Å². The smallest absolute Gasteiger partial charge is 0.241 e. The van der Waals surface area contributed by atoms with Crippen LogP contribution in [0.5, 0.6) is 5.75 Å². The Morgan fingerprint density at radius 1 is 1.22 bits per heavy atom. The molecule has 0 heterocycles. The molecule has 1 unspecified atom stereocenters. The summed E-state index contributed by atoms with van der Waals surface area (Å²) < 4.78 is 33.2. The average molecular weight is 385 g/mol. The predicted octanol–water partition coefficient (Wildman–Crippen LogP) is 3.65. The van der Waals surface area contributed by atoms with Gasteiger partial charge in [0, 0.05) is 12.5 Å². The van der Waals surface area contributed by atoms with Crippen LogP contribution < -0.4 is 9.46 Å². The molecule has 0 aromatic heterocycles. The quantitative estimate of drug-likeness (QED) is 0.739. The van der Waals surface area contributed by atoms with Crippen LogP contribution in [-0.2, 0) is 21.2 Å². The van der Waals surface area contributed by atoms with Crippen molar-refractivity contribution in [1.82, 2.24) is 4.72 Å². The number of allylic oxidation sites excluding steroid dienone is 1. The zero-order valence-electron chi connectivity index (χ0n) is 15.4. The van der Waals surface area contributed by atoms with Gasteiger partial charge in [-0.2, -0.15) is 0 Å². The van der Waals surface area contributed by atoms with Crippen LogP contribution in [0, 0.1) is 0 Å². The SMILES string of the molecule is CCC(=O)/C=C/c1ccc2c(c1)CCC2NS(=O)(=O)c1ccc(OC)cc1. The molecular formula is C21H23NO4S. The summed E-state index contributed by atoms with van der Waals surface area (Å²) in [6.07, 6.45) is 5.39. The molecule has 1 aliphatic rings. The van der Waals surface area contributed by atoms with Gasteiger partial charge in [-0.3, -0.25) is 4.79 Å². The van der Waals surface area contributed by atoms with Gasteiger partial charge >= 0.3 is 0 Å². The van der Waals surface area contributed by atoms with Crippen molar-refractivity contribution in [3.8, 4) is 5.75 Å². The van der Waals surface area contributed by atoms with Gasteiger partial charge in [0.1, 0.15) is 5.75 Å². The number of hydrogen-bond acceptors (Lipinski definition) is 4. The Kier molecular flexibility index (Phi) is 5.77. The molecule has 2 aromatic carbocycles. The number of rotatable bonds is 7. The minimum Gasteiger partial charge on any atom is -0.497 e. The summed E-state index contributed by atoms with van der Waals surface area (Å²) in [5, 5.41) is 0. The normalized spacial score (nSPS) is 16.4. The molecule has 0 amide bonds. The summed E-state index contributed by atoms with van der Waals surface area (Å²) in [5.74, 6) is 0.697. The lowest BCUT2D eigenvalue weighted by Crippen LogP contribution is -2.27. The summed E-state index contributed by atoms with van der Waals surface area (Å²) in [4.78, 5) is 11.6. The lowest BCUT2D eigenvalue weighted by atomic mass is 10.0. The maximum atomic E-state index is 12.7. The van der Waals surface area contributed by atoms with Gasteiger partial charge < -0.3 is 4.74 Å². The molecule has 2 aromatic rings. The van der Waals surface area contributed by atoms with Crippen LogP contribution >= 0.6 is 0 Å². The summed E-state index contributed by atoms with van der Waals surface area (Å²) in [5.41, 5.74) is 3.06. The molecule has 6 heteroatoms. The van der Waals surface area contributed by atoms with Crippen molar-refractivity contribution in [2.45, 2.75) is 37.1 Å². The highest BCUT2D eigenvalue weighted by Crippen LogP contribution is 2.33. The highest BCUT2D eigenvalue weighted by atomic mass is 32.2. The van der Waals surface area contributed by atoms with Crippen LogP contribution in [0.25, 0.3) is 6.08 Å². The van der Waals surface area contributed by atoms with E-state index in [1.54, 1.807) is 31.4 Å². The molecule has 3 rings (SSSR count). The first-order chi connectivity index (χ1) is 12.9. The molecule has 142 valence electrons. The van der Waals surface area contributed by atoms with Crippen molar-refractivity contribution in [3.05, 3.63) is 65.2 Å². The first kappa shape index (κ1) is 19.3. The topological polar surface area (TPSA) is 72.5 Å². The third-order valence-corrected chi connectivity index (χ3v) is 6.21. The Morgan fingerprint density at radius 2 is 1.96 bits per heavy atom. The van der Waals surface area contributed by atoms with Crippen molar-refractivity contribution >= 4 is 21.9 Å². The number of fused-ring (bicyclic) bond motifs is 1. The summed E-state index contributed by atoms with van der Waals surface area (Å²) in [6.45, 7) is 1.83. The highest BCUT2D eigenvalue weighted by molar-refractivity contribution is 7.89. The van der Waals surface area contributed by atoms with E-state index >= 15 is 0 Å². The molecule has 0 spiro atoms. The van der Waals surface area contributed by atoms with Crippen LogP contribution in [0.4, 0.5) is 0 Å². The first-order valence-corrected chi connectivity index (χ1v) is 10.4. The van der Waals surface area contributed by atoms with E-state index in [1.165, 1.54) is 12.1 Å². The van der Waals surface area contributed by atoms with Crippen molar-refractivity contribution in [2.24, 2.45) is 0 Å². The highest BCUT2D eigenvalue weighted by Gasteiger charge is 2.27. The standard InChI is InChI=1S/C21H23NO4S/c1-3-17(23)7-4-15-5-12-20-16(14-15)6-13-21(20)22-27(24,25)19-10-8-18(26-2)9-11-19/h4-5,7-12,14,21-22H,3,6,13H2,1-2H3/b7-4+. The van der Waals surface area contributed by atoms with Gasteiger partial charge in [-0.15, -0.1) is 0 Å². The van der Waals surface area contributed by atoms with E-state index in [1.807, 2.05) is 25.1 Å². The Hall–Kier alpha value is -2.44. The van der Waals surface area contributed by atoms with Crippen LogP contribution in [0.1, 0.15) is 42.5 Å². The second kappa shape index (κ2) is 8.06. The monoisotopic (exact) mass is 385 g/mol. The molecule has 1 N–H and O–H groups in total.